The Morgan fingerprint density at radius 2 is 0.589 bits per heavy atom. The Labute approximate surface area is 454 Å². The predicted molar refractivity (Wildman–Crippen MR) is 320 cm³/mol. The van der Waals surface area contributed by atoms with Crippen LogP contribution >= 0.6 is 0 Å². The average Bonchev–Trinajstić information content (AvgIpc) is 3.39. The zero-order chi connectivity index (χ0) is 52.7. The van der Waals surface area contributed by atoms with Gasteiger partial charge in [-0.2, -0.15) is 0 Å². The Kier molecular flexibility index (Phi) is 60.8. The number of unbranched alkanes of at least 4 members (excludes halogenated alkanes) is 36. The molecule has 0 saturated carbocycles. The maximum absolute atomic E-state index is 12.3. The minimum absolute atomic E-state index is 0.0751. The largest absolute Gasteiger partial charge is 0.462 e. The van der Waals surface area contributed by atoms with Gasteiger partial charge in [0, 0.05) is 12.8 Å². The summed E-state index contributed by atoms with van der Waals surface area (Å²) in [7, 11) is 0. The number of aliphatic hydroxyl groups is 1. The summed E-state index contributed by atoms with van der Waals surface area (Å²) in [5.41, 5.74) is 0. The van der Waals surface area contributed by atoms with Gasteiger partial charge < -0.3 is 14.6 Å². The number of hydrogen-bond acceptors (Lipinski definition) is 5. The quantitative estimate of drug-likeness (QED) is 0.0373. The van der Waals surface area contributed by atoms with E-state index >= 15 is 0 Å². The third kappa shape index (κ3) is 61.5. The molecule has 0 amide bonds. The molecule has 0 aromatic heterocycles. The molecule has 0 aliphatic rings. The van der Waals surface area contributed by atoms with Gasteiger partial charge in [-0.25, -0.2) is 0 Å². The first-order valence-electron chi connectivity index (χ1n) is 31.6. The minimum Gasteiger partial charge on any atom is -0.462 e. The molecule has 0 rings (SSSR count). The lowest BCUT2D eigenvalue weighted by Gasteiger charge is -2.15. The van der Waals surface area contributed by atoms with E-state index in [0.29, 0.717) is 12.8 Å². The Hall–Kier alpha value is -2.92. The van der Waals surface area contributed by atoms with E-state index in [1.165, 1.54) is 186 Å². The van der Waals surface area contributed by atoms with Crippen molar-refractivity contribution < 1.29 is 24.2 Å². The van der Waals surface area contributed by atoms with Crippen molar-refractivity contribution in [3.63, 3.8) is 0 Å². The average molecular weight is 1020 g/mol. The topological polar surface area (TPSA) is 72.8 Å². The Morgan fingerprint density at radius 3 is 0.890 bits per heavy atom. The van der Waals surface area contributed by atoms with Crippen molar-refractivity contribution in [3.05, 3.63) is 85.1 Å². The Bertz CT molecular complexity index is 1340. The molecule has 1 unspecified atom stereocenters. The van der Waals surface area contributed by atoms with Crippen LogP contribution in [0.4, 0.5) is 0 Å². The molecular formula is C68H120O5. The number of hydrogen-bond donors (Lipinski definition) is 1. The van der Waals surface area contributed by atoms with Crippen molar-refractivity contribution >= 4 is 11.9 Å². The van der Waals surface area contributed by atoms with Crippen molar-refractivity contribution in [2.24, 2.45) is 0 Å². The third-order valence-electron chi connectivity index (χ3n) is 14.0. The molecular weight excluding hydrogens is 897 g/mol. The second-order valence-electron chi connectivity index (χ2n) is 21.1. The van der Waals surface area contributed by atoms with Crippen LogP contribution in [0.2, 0.25) is 0 Å². The summed E-state index contributed by atoms with van der Waals surface area (Å²) in [6.45, 7) is 4.05. The summed E-state index contributed by atoms with van der Waals surface area (Å²) in [5, 5.41) is 9.67. The molecule has 422 valence electrons. The maximum atomic E-state index is 12.3. The highest BCUT2D eigenvalue weighted by Crippen LogP contribution is 2.18. The molecule has 0 aromatic rings. The molecule has 5 heteroatoms. The van der Waals surface area contributed by atoms with Gasteiger partial charge in [-0.3, -0.25) is 9.59 Å². The second kappa shape index (κ2) is 63.4. The molecule has 0 bridgehead atoms. The molecule has 1 atom stereocenters. The van der Waals surface area contributed by atoms with Crippen LogP contribution in [0.1, 0.15) is 316 Å². The van der Waals surface area contributed by atoms with Crippen LogP contribution < -0.4 is 0 Å². The Balaban J connectivity index is 3.49. The van der Waals surface area contributed by atoms with Gasteiger partial charge in [0.1, 0.15) is 6.61 Å². The van der Waals surface area contributed by atoms with Gasteiger partial charge in [-0.05, 0) is 70.6 Å². The molecule has 0 radical (unpaired) electrons. The van der Waals surface area contributed by atoms with Crippen LogP contribution in [0.3, 0.4) is 0 Å². The van der Waals surface area contributed by atoms with E-state index in [2.05, 4.69) is 98.9 Å². The highest BCUT2D eigenvalue weighted by Gasteiger charge is 2.16. The van der Waals surface area contributed by atoms with Crippen LogP contribution in [-0.2, 0) is 19.1 Å². The van der Waals surface area contributed by atoms with Gasteiger partial charge in [0.25, 0.3) is 0 Å². The number of rotatable bonds is 58. The van der Waals surface area contributed by atoms with Gasteiger partial charge >= 0.3 is 11.9 Å². The van der Waals surface area contributed by atoms with Crippen molar-refractivity contribution in [3.8, 4) is 0 Å². The summed E-state index contributed by atoms with van der Waals surface area (Å²) < 4.78 is 10.7. The summed E-state index contributed by atoms with van der Waals surface area (Å²) in [6, 6.07) is 0. The summed E-state index contributed by atoms with van der Waals surface area (Å²) in [5.74, 6) is -0.604. The smallest absolute Gasteiger partial charge is 0.306 e. The van der Waals surface area contributed by atoms with E-state index in [1.54, 1.807) is 0 Å². The number of aliphatic hydroxyl groups excluding tert-OH is 1. The van der Waals surface area contributed by atoms with E-state index in [9.17, 15) is 14.7 Å². The first-order valence-corrected chi connectivity index (χ1v) is 31.6. The standard InChI is InChI=1S/C68H120O5/c1-3-5-7-9-11-13-15-17-19-21-23-25-27-29-31-32-33-34-35-37-38-40-42-44-46-48-50-52-54-56-58-60-62-67(70)72-65-66(64-69)73-68(71)63-61-59-57-55-53-51-49-47-45-43-41-39-36-30-28-26-24-22-20-18-16-14-12-10-8-6-4-2/h6,8,12,14,18,20,24,26,30,36,41,43,47,49,66,69H,3-5,7,9-11,13,15-17,19,21-23,25,27-29,31-35,37-40,42,44-46,48,50-65H2,1-2H3/b8-6-,14-12-,20-18-,26-24-,36-30-,43-41-,49-47-. The molecule has 0 aliphatic heterocycles. The van der Waals surface area contributed by atoms with Crippen LogP contribution in [-0.4, -0.2) is 36.4 Å². The number of allylic oxidation sites excluding steroid dienone is 14. The van der Waals surface area contributed by atoms with Gasteiger partial charge in [-0.1, -0.05) is 317 Å². The van der Waals surface area contributed by atoms with E-state index < -0.39 is 6.10 Å². The molecule has 0 heterocycles. The van der Waals surface area contributed by atoms with E-state index in [0.717, 1.165) is 103 Å². The minimum atomic E-state index is -0.788. The van der Waals surface area contributed by atoms with Gasteiger partial charge in [0.2, 0.25) is 0 Å². The molecule has 5 nitrogen and oxygen atoms in total. The molecule has 0 aromatic carbocycles. The third-order valence-corrected chi connectivity index (χ3v) is 14.0. The lowest BCUT2D eigenvalue weighted by Crippen LogP contribution is -2.28. The van der Waals surface area contributed by atoms with Gasteiger partial charge in [0.05, 0.1) is 6.61 Å². The van der Waals surface area contributed by atoms with E-state index in [4.69, 9.17) is 9.47 Å². The Morgan fingerprint density at radius 1 is 0.329 bits per heavy atom. The normalized spacial score (nSPS) is 12.8. The summed E-state index contributed by atoms with van der Waals surface area (Å²) in [6.07, 6.45) is 88.8. The lowest BCUT2D eigenvalue weighted by atomic mass is 10.0. The first-order chi connectivity index (χ1) is 36.1. The molecule has 0 spiro atoms. The highest BCUT2D eigenvalue weighted by atomic mass is 16.6. The number of ether oxygens (including phenoxy) is 2. The molecule has 1 N–H and O–H groups in total. The second-order valence-corrected chi connectivity index (χ2v) is 21.1. The van der Waals surface area contributed by atoms with Gasteiger partial charge in [-0.15, -0.1) is 0 Å². The SMILES string of the molecule is CC/C=C\C/C=C\C/C=C\C/C=C\C/C=C\C/C=C\C/C=C\CCCCCCCC(=O)OC(CO)COC(=O)CCCCCCCCCCCCCCCCCCCCCCCCCCCCCCCCCC. The molecule has 0 fully saturated rings. The monoisotopic (exact) mass is 1020 g/mol. The van der Waals surface area contributed by atoms with Crippen molar-refractivity contribution in [1.29, 1.82) is 0 Å². The fourth-order valence-corrected chi connectivity index (χ4v) is 9.25. The lowest BCUT2D eigenvalue weighted by molar-refractivity contribution is -0.161. The number of carbonyl (C=O) groups excluding carboxylic acids is 2. The van der Waals surface area contributed by atoms with Crippen LogP contribution in [0.25, 0.3) is 0 Å². The first kappa shape index (κ1) is 70.1. The fourth-order valence-electron chi connectivity index (χ4n) is 9.25. The summed E-state index contributed by atoms with van der Waals surface area (Å²) >= 11 is 0. The van der Waals surface area contributed by atoms with Crippen LogP contribution in [0, 0.1) is 0 Å². The predicted octanol–water partition coefficient (Wildman–Crippen LogP) is 21.7. The van der Waals surface area contributed by atoms with Crippen molar-refractivity contribution in [2.75, 3.05) is 13.2 Å². The number of carbonyl (C=O) groups is 2. The van der Waals surface area contributed by atoms with E-state index in [1.807, 2.05) is 0 Å². The van der Waals surface area contributed by atoms with Crippen molar-refractivity contribution in [2.45, 2.75) is 322 Å². The zero-order valence-corrected chi connectivity index (χ0v) is 48.4. The van der Waals surface area contributed by atoms with Crippen LogP contribution in [0.5, 0.6) is 0 Å². The maximum Gasteiger partial charge on any atom is 0.306 e. The molecule has 73 heavy (non-hydrogen) atoms. The molecule has 0 aliphatic carbocycles. The van der Waals surface area contributed by atoms with Crippen molar-refractivity contribution in [1.82, 2.24) is 0 Å². The van der Waals surface area contributed by atoms with Crippen LogP contribution in [0.15, 0.2) is 85.1 Å². The zero-order valence-electron chi connectivity index (χ0n) is 48.4. The summed E-state index contributed by atoms with van der Waals surface area (Å²) in [4.78, 5) is 24.6. The number of esters is 2. The van der Waals surface area contributed by atoms with Gasteiger partial charge in [0.15, 0.2) is 6.10 Å². The molecule has 0 saturated heterocycles. The fraction of sp³-hybridized carbons (Fsp3) is 0.765. The van der Waals surface area contributed by atoms with E-state index in [-0.39, 0.29) is 25.2 Å². The highest BCUT2D eigenvalue weighted by molar-refractivity contribution is 5.70.